The van der Waals surface area contributed by atoms with Crippen molar-refractivity contribution in [3.8, 4) is 0 Å². The summed E-state index contributed by atoms with van der Waals surface area (Å²) in [6.45, 7) is 5.00. The Balaban J connectivity index is 3.36. The Hall–Kier alpha value is -1.40. The number of allylic oxidation sites excluding steroid dienone is 2. The van der Waals surface area contributed by atoms with Gasteiger partial charge in [0.15, 0.2) is 0 Å². The highest BCUT2D eigenvalue weighted by atomic mass is 16.5. The molecule has 0 aromatic carbocycles. The fraction of sp³-hybridized carbons (Fsp3) is 0.945. The summed E-state index contributed by atoms with van der Waals surface area (Å²) < 4.78 is 5.50. The van der Waals surface area contributed by atoms with Crippen molar-refractivity contribution < 1.29 is 24.5 Å². The SMILES string of the molecule is CCCCCCCCCCCCCCCCCCCCCC(O)C(CO)NC(=O)CCCCCCCCCCCCCC/C=C\CCCCCCCCCCCCCCOC(=O)CCCCCCCCCCCCCCCCC. The minimum Gasteiger partial charge on any atom is -0.466 e. The zero-order valence-electron chi connectivity index (χ0n) is 53.9. The molecule has 3 N–H and O–H groups in total. The molecule has 0 heterocycles. The summed E-state index contributed by atoms with van der Waals surface area (Å²) in [5, 5.41) is 23.4. The van der Waals surface area contributed by atoms with Crippen LogP contribution in [0.2, 0.25) is 0 Å². The number of ether oxygens (including phenoxy) is 1. The lowest BCUT2D eigenvalue weighted by molar-refractivity contribution is -0.143. The third kappa shape index (κ3) is 65.6. The van der Waals surface area contributed by atoms with Crippen LogP contribution < -0.4 is 5.32 Å². The van der Waals surface area contributed by atoms with Gasteiger partial charge in [0.05, 0.1) is 25.4 Å². The van der Waals surface area contributed by atoms with Crippen molar-refractivity contribution in [2.24, 2.45) is 0 Å². The van der Waals surface area contributed by atoms with Crippen molar-refractivity contribution in [2.45, 2.75) is 431 Å². The molecule has 79 heavy (non-hydrogen) atoms. The molecule has 1 amide bonds. The van der Waals surface area contributed by atoms with Gasteiger partial charge in [0.1, 0.15) is 0 Å². The summed E-state index contributed by atoms with van der Waals surface area (Å²) in [5.74, 6) is -0.0104. The maximum atomic E-state index is 12.5. The van der Waals surface area contributed by atoms with Gasteiger partial charge in [-0.2, -0.15) is 0 Å². The maximum Gasteiger partial charge on any atom is 0.305 e. The van der Waals surface area contributed by atoms with Gasteiger partial charge in [0, 0.05) is 12.8 Å². The van der Waals surface area contributed by atoms with Gasteiger partial charge in [-0.15, -0.1) is 0 Å². The molecule has 0 aromatic rings. The van der Waals surface area contributed by atoms with Crippen LogP contribution in [-0.2, 0) is 14.3 Å². The quantitative estimate of drug-likeness (QED) is 0.0320. The molecular formula is C73H143NO5. The number of esters is 1. The van der Waals surface area contributed by atoms with Crippen LogP contribution in [0.1, 0.15) is 418 Å². The van der Waals surface area contributed by atoms with Crippen molar-refractivity contribution in [3.63, 3.8) is 0 Å². The molecule has 0 spiro atoms. The van der Waals surface area contributed by atoms with E-state index in [1.165, 1.54) is 347 Å². The van der Waals surface area contributed by atoms with Crippen molar-refractivity contribution in [1.29, 1.82) is 0 Å². The first kappa shape index (κ1) is 77.6. The van der Waals surface area contributed by atoms with Gasteiger partial charge in [-0.3, -0.25) is 9.59 Å². The molecule has 0 aliphatic carbocycles. The van der Waals surface area contributed by atoms with Crippen molar-refractivity contribution >= 4 is 11.9 Å². The zero-order valence-corrected chi connectivity index (χ0v) is 53.9. The van der Waals surface area contributed by atoms with Gasteiger partial charge in [-0.05, 0) is 51.4 Å². The Bertz CT molecular complexity index is 1190. The second-order valence-electron chi connectivity index (χ2n) is 25.3. The molecule has 2 atom stereocenters. The Labute approximate surface area is 495 Å². The van der Waals surface area contributed by atoms with Crippen molar-refractivity contribution in [2.75, 3.05) is 13.2 Å². The third-order valence-electron chi connectivity index (χ3n) is 17.3. The molecule has 2 unspecified atom stereocenters. The second-order valence-corrected chi connectivity index (χ2v) is 25.3. The molecule has 0 aromatic heterocycles. The molecule has 0 aliphatic heterocycles. The fourth-order valence-electron chi connectivity index (χ4n) is 11.8. The van der Waals surface area contributed by atoms with E-state index < -0.39 is 12.1 Å². The van der Waals surface area contributed by atoms with E-state index in [1.807, 2.05) is 0 Å². The van der Waals surface area contributed by atoms with E-state index in [1.54, 1.807) is 0 Å². The summed E-state index contributed by atoms with van der Waals surface area (Å²) in [6.07, 6.45) is 85.5. The Kier molecular flexibility index (Phi) is 67.9. The number of hydrogen-bond acceptors (Lipinski definition) is 5. The first-order valence-electron chi connectivity index (χ1n) is 36.4. The number of carbonyl (C=O) groups is 2. The number of hydrogen-bond donors (Lipinski definition) is 3. The van der Waals surface area contributed by atoms with Crippen LogP contribution >= 0.6 is 0 Å². The number of carbonyl (C=O) groups excluding carboxylic acids is 2. The highest BCUT2D eigenvalue weighted by Crippen LogP contribution is 2.19. The van der Waals surface area contributed by atoms with E-state index in [9.17, 15) is 19.8 Å². The van der Waals surface area contributed by atoms with Gasteiger partial charge in [0.2, 0.25) is 5.91 Å². The summed E-state index contributed by atoms with van der Waals surface area (Å²) >= 11 is 0. The van der Waals surface area contributed by atoms with Crippen LogP contribution in [0.15, 0.2) is 12.2 Å². The minimum atomic E-state index is -0.664. The Morgan fingerprint density at radius 1 is 0.342 bits per heavy atom. The van der Waals surface area contributed by atoms with E-state index in [4.69, 9.17) is 4.74 Å². The van der Waals surface area contributed by atoms with E-state index >= 15 is 0 Å². The minimum absolute atomic E-state index is 0.0199. The smallest absolute Gasteiger partial charge is 0.305 e. The predicted octanol–water partition coefficient (Wildman–Crippen LogP) is 23.5. The monoisotopic (exact) mass is 1110 g/mol. The van der Waals surface area contributed by atoms with Crippen LogP contribution in [0.25, 0.3) is 0 Å². The molecule has 0 rings (SSSR count). The van der Waals surface area contributed by atoms with E-state index in [0.717, 1.165) is 38.5 Å². The first-order valence-corrected chi connectivity index (χ1v) is 36.4. The summed E-state index contributed by atoms with van der Waals surface area (Å²) in [7, 11) is 0. The fourth-order valence-corrected chi connectivity index (χ4v) is 11.8. The number of unbranched alkanes of at least 4 members (excludes halogenated alkanes) is 56. The highest BCUT2D eigenvalue weighted by molar-refractivity contribution is 5.76. The van der Waals surface area contributed by atoms with Crippen LogP contribution in [0, 0.1) is 0 Å². The lowest BCUT2D eigenvalue weighted by atomic mass is 10.0. The van der Waals surface area contributed by atoms with Crippen LogP contribution in [0.3, 0.4) is 0 Å². The van der Waals surface area contributed by atoms with Crippen LogP contribution in [0.5, 0.6) is 0 Å². The van der Waals surface area contributed by atoms with E-state index in [-0.39, 0.29) is 18.5 Å². The zero-order chi connectivity index (χ0) is 57.1. The largest absolute Gasteiger partial charge is 0.466 e. The molecule has 0 saturated carbocycles. The highest BCUT2D eigenvalue weighted by Gasteiger charge is 2.20. The molecule has 470 valence electrons. The number of rotatable bonds is 69. The average Bonchev–Trinajstić information content (AvgIpc) is 3.45. The molecule has 6 heteroatoms. The average molecular weight is 1110 g/mol. The van der Waals surface area contributed by atoms with E-state index in [2.05, 4.69) is 31.3 Å². The summed E-state index contributed by atoms with van der Waals surface area (Å²) in [6, 6.07) is -0.541. The lowest BCUT2D eigenvalue weighted by Gasteiger charge is -2.22. The van der Waals surface area contributed by atoms with Crippen LogP contribution in [0.4, 0.5) is 0 Å². The van der Waals surface area contributed by atoms with Gasteiger partial charge in [-0.1, -0.05) is 366 Å². The van der Waals surface area contributed by atoms with Crippen molar-refractivity contribution in [1.82, 2.24) is 5.32 Å². The van der Waals surface area contributed by atoms with Crippen LogP contribution in [-0.4, -0.2) is 47.4 Å². The third-order valence-corrected chi connectivity index (χ3v) is 17.3. The van der Waals surface area contributed by atoms with Gasteiger partial charge < -0.3 is 20.3 Å². The summed E-state index contributed by atoms with van der Waals surface area (Å²) in [4.78, 5) is 24.6. The van der Waals surface area contributed by atoms with Gasteiger partial charge in [0.25, 0.3) is 0 Å². The molecule has 0 saturated heterocycles. The number of nitrogens with one attached hydrogen (secondary N) is 1. The molecular weight excluding hydrogens is 971 g/mol. The van der Waals surface area contributed by atoms with Crippen molar-refractivity contribution in [3.05, 3.63) is 12.2 Å². The number of amides is 1. The standard InChI is InChI=1S/C73H143NO5/c1-3-5-7-9-11-13-15-17-19-20-31-34-38-41-45-49-53-57-61-65-71(76)70(69-75)74-72(77)66-62-58-54-50-46-42-39-35-32-29-27-25-23-21-22-24-26-28-30-33-36-40-44-48-52-56-60-64-68-79-73(78)67-63-59-55-51-47-43-37-18-16-14-12-10-8-6-4-2/h21-22,70-71,75-76H,3-20,23-69H2,1-2H3,(H,74,77)/b22-21-. The Morgan fingerprint density at radius 3 is 0.899 bits per heavy atom. The molecule has 6 nitrogen and oxygen atoms in total. The molecule has 0 aliphatic rings. The number of aliphatic hydroxyl groups excluding tert-OH is 2. The second kappa shape index (κ2) is 69.1. The summed E-state index contributed by atoms with van der Waals surface area (Å²) in [5.41, 5.74) is 0. The lowest BCUT2D eigenvalue weighted by Crippen LogP contribution is -2.45. The normalized spacial score (nSPS) is 12.5. The molecule has 0 radical (unpaired) electrons. The molecule has 0 bridgehead atoms. The number of aliphatic hydroxyl groups is 2. The predicted molar refractivity (Wildman–Crippen MR) is 347 cm³/mol. The van der Waals surface area contributed by atoms with E-state index in [0.29, 0.717) is 25.9 Å². The maximum absolute atomic E-state index is 12.5. The van der Waals surface area contributed by atoms with Gasteiger partial charge >= 0.3 is 5.97 Å². The first-order chi connectivity index (χ1) is 39.0. The topological polar surface area (TPSA) is 95.9 Å². The Morgan fingerprint density at radius 2 is 0.595 bits per heavy atom. The molecule has 0 fully saturated rings. The van der Waals surface area contributed by atoms with Gasteiger partial charge in [-0.25, -0.2) is 0 Å².